The molecule has 1 aliphatic rings. The summed E-state index contributed by atoms with van der Waals surface area (Å²) in [5, 5.41) is 10.5. The van der Waals surface area contributed by atoms with Gasteiger partial charge in [0.1, 0.15) is 12.4 Å². The number of nitrogens with one attached hydrogen (secondary N) is 2. The van der Waals surface area contributed by atoms with Crippen LogP contribution in [0.25, 0.3) is 11.6 Å². The SMILES string of the molecule is CCNC(=NCc1nc(-c2ccco2)n[nH]1)N1CCC(COCC)C1. The van der Waals surface area contributed by atoms with Crippen LogP contribution in [0.2, 0.25) is 0 Å². The topological polar surface area (TPSA) is 91.6 Å². The van der Waals surface area contributed by atoms with Crippen LogP contribution in [0.3, 0.4) is 0 Å². The molecule has 2 aromatic heterocycles. The number of aliphatic imine (C=N–C) groups is 1. The van der Waals surface area contributed by atoms with Crippen molar-refractivity contribution < 1.29 is 9.15 Å². The molecule has 0 aliphatic carbocycles. The van der Waals surface area contributed by atoms with Crippen molar-refractivity contribution in [2.75, 3.05) is 32.8 Å². The van der Waals surface area contributed by atoms with E-state index in [1.54, 1.807) is 6.26 Å². The van der Waals surface area contributed by atoms with E-state index in [0.717, 1.165) is 45.2 Å². The van der Waals surface area contributed by atoms with Crippen LogP contribution < -0.4 is 5.32 Å². The lowest BCUT2D eigenvalue weighted by Gasteiger charge is -2.21. The van der Waals surface area contributed by atoms with Gasteiger partial charge in [-0.1, -0.05) is 0 Å². The van der Waals surface area contributed by atoms with Gasteiger partial charge in [0.2, 0.25) is 5.82 Å². The Morgan fingerprint density at radius 3 is 3.20 bits per heavy atom. The zero-order valence-corrected chi connectivity index (χ0v) is 14.9. The number of aromatic nitrogens is 3. The van der Waals surface area contributed by atoms with E-state index in [-0.39, 0.29) is 0 Å². The Morgan fingerprint density at radius 1 is 1.52 bits per heavy atom. The van der Waals surface area contributed by atoms with E-state index in [2.05, 4.69) is 32.3 Å². The van der Waals surface area contributed by atoms with Gasteiger partial charge >= 0.3 is 0 Å². The molecule has 0 saturated carbocycles. The van der Waals surface area contributed by atoms with E-state index in [1.807, 2.05) is 19.1 Å². The minimum absolute atomic E-state index is 0.447. The van der Waals surface area contributed by atoms with Crippen LogP contribution in [0.4, 0.5) is 0 Å². The zero-order chi connectivity index (χ0) is 17.5. The van der Waals surface area contributed by atoms with E-state index in [4.69, 9.17) is 14.1 Å². The summed E-state index contributed by atoms with van der Waals surface area (Å²) in [5.74, 6) is 3.40. The number of ether oxygens (including phenoxy) is 1. The van der Waals surface area contributed by atoms with Crippen molar-refractivity contribution >= 4 is 5.96 Å². The number of aromatic amines is 1. The van der Waals surface area contributed by atoms with Gasteiger partial charge in [-0.25, -0.2) is 9.98 Å². The molecule has 8 nitrogen and oxygen atoms in total. The zero-order valence-electron chi connectivity index (χ0n) is 14.9. The Kier molecular flexibility index (Phi) is 6.05. The summed E-state index contributed by atoms with van der Waals surface area (Å²) < 4.78 is 10.9. The standard InChI is InChI=1S/C17H26N6O2/c1-3-18-17(23-8-7-13(11-23)12-24-4-2)19-10-15-20-16(22-21-15)14-6-5-9-25-14/h5-6,9,13H,3-4,7-8,10-12H2,1-2H3,(H,18,19)(H,20,21,22). The van der Waals surface area contributed by atoms with Gasteiger partial charge in [-0.2, -0.15) is 0 Å². The molecule has 1 fully saturated rings. The lowest BCUT2D eigenvalue weighted by atomic mass is 10.1. The fraction of sp³-hybridized carbons (Fsp3) is 0.588. The molecule has 0 radical (unpaired) electrons. The van der Waals surface area contributed by atoms with Crippen LogP contribution in [-0.4, -0.2) is 58.9 Å². The smallest absolute Gasteiger partial charge is 0.216 e. The average molecular weight is 346 g/mol. The molecule has 1 aliphatic heterocycles. The first kappa shape index (κ1) is 17.5. The first-order valence-corrected chi connectivity index (χ1v) is 8.86. The van der Waals surface area contributed by atoms with Gasteiger partial charge in [-0.05, 0) is 32.4 Å². The molecule has 136 valence electrons. The largest absolute Gasteiger partial charge is 0.461 e. The summed E-state index contributed by atoms with van der Waals surface area (Å²) >= 11 is 0. The van der Waals surface area contributed by atoms with E-state index in [9.17, 15) is 0 Å². The number of nitrogens with zero attached hydrogens (tertiary/aromatic N) is 4. The van der Waals surface area contributed by atoms with Crippen molar-refractivity contribution in [3.63, 3.8) is 0 Å². The van der Waals surface area contributed by atoms with Crippen LogP contribution in [0, 0.1) is 5.92 Å². The first-order chi connectivity index (χ1) is 12.3. The maximum absolute atomic E-state index is 5.55. The second-order valence-electron chi connectivity index (χ2n) is 6.01. The minimum Gasteiger partial charge on any atom is -0.461 e. The third-order valence-corrected chi connectivity index (χ3v) is 4.13. The quantitative estimate of drug-likeness (QED) is 0.588. The van der Waals surface area contributed by atoms with Gasteiger partial charge in [0.25, 0.3) is 0 Å². The molecule has 2 N–H and O–H groups in total. The fourth-order valence-corrected chi connectivity index (χ4v) is 2.90. The molecule has 3 rings (SSSR count). The third kappa shape index (κ3) is 4.60. The summed E-state index contributed by atoms with van der Waals surface area (Å²) in [6, 6.07) is 3.65. The highest BCUT2D eigenvalue weighted by Crippen LogP contribution is 2.17. The number of H-pyrrole nitrogens is 1. The normalized spacial score (nSPS) is 18.1. The van der Waals surface area contributed by atoms with Crippen molar-refractivity contribution in [1.29, 1.82) is 0 Å². The van der Waals surface area contributed by atoms with Crippen LogP contribution in [0.1, 0.15) is 26.1 Å². The van der Waals surface area contributed by atoms with Gasteiger partial charge in [0.15, 0.2) is 11.7 Å². The highest BCUT2D eigenvalue weighted by atomic mass is 16.5. The molecule has 0 bridgehead atoms. The summed E-state index contributed by atoms with van der Waals surface area (Å²) in [6.45, 7) is 8.95. The van der Waals surface area contributed by atoms with Gasteiger partial charge < -0.3 is 19.4 Å². The van der Waals surface area contributed by atoms with E-state index < -0.39 is 0 Å². The molecule has 1 unspecified atom stereocenters. The van der Waals surface area contributed by atoms with Crippen molar-refractivity contribution in [2.45, 2.75) is 26.8 Å². The number of likely N-dealkylation sites (tertiary alicyclic amines) is 1. The van der Waals surface area contributed by atoms with Crippen LogP contribution in [0.5, 0.6) is 0 Å². The predicted molar refractivity (Wildman–Crippen MR) is 95.1 cm³/mol. The number of rotatable bonds is 7. The molecule has 0 aromatic carbocycles. The van der Waals surface area contributed by atoms with Gasteiger partial charge in [-0.15, -0.1) is 5.10 Å². The summed E-state index contributed by atoms with van der Waals surface area (Å²) in [7, 11) is 0. The number of hydrogen-bond acceptors (Lipinski definition) is 5. The van der Waals surface area contributed by atoms with Crippen molar-refractivity contribution in [3.8, 4) is 11.6 Å². The molecule has 8 heteroatoms. The minimum atomic E-state index is 0.447. The summed E-state index contributed by atoms with van der Waals surface area (Å²) in [6.07, 6.45) is 2.74. The molecule has 1 saturated heterocycles. The highest BCUT2D eigenvalue weighted by molar-refractivity contribution is 5.80. The Bertz CT molecular complexity index is 666. The fourth-order valence-electron chi connectivity index (χ4n) is 2.90. The molecular formula is C17H26N6O2. The first-order valence-electron chi connectivity index (χ1n) is 8.86. The number of hydrogen-bond donors (Lipinski definition) is 2. The highest BCUT2D eigenvalue weighted by Gasteiger charge is 2.24. The van der Waals surface area contributed by atoms with Gasteiger partial charge in [-0.3, -0.25) is 5.10 Å². The van der Waals surface area contributed by atoms with Gasteiger partial charge in [0, 0.05) is 32.2 Å². The maximum Gasteiger partial charge on any atom is 0.216 e. The second-order valence-corrected chi connectivity index (χ2v) is 6.01. The van der Waals surface area contributed by atoms with Crippen LogP contribution in [-0.2, 0) is 11.3 Å². The average Bonchev–Trinajstić information content (AvgIpc) is 3.38. The maximum atomic E-state index is 5.55. The molecule has 1 atom stereocenters. The summed E-state index contributed by atoms with van der Waals surface area (Å²) in [5.41, 5.74) is 0. The van der Waals surface area contributed by atoms with Crippen molar-refractivity contribution in [1.82, 2.24) is 25.4 Å². The molecule has 0 spiro atoms. The van der Waals surface area contributed by atoms with Gasteiger partial charge in [0.05, 0.1) is 12.9 Å². The molecule has 2 aromatic rings. The second kappa shape index (κ2) is 8.66. The third-order valence-electron chi connectivity index (χ3n) is 4.13. The summed E-state index contributed by atoms with van der Waals surface area (Å²) in [4.78, 5) is 11.4. The van der Waals surface area contributed by atoms with E-state index >= 15 is 0 Å². The molecule has 3 heterocycles. The molecular weight excluding hydrogens is 320 g/mol. The monoisotopic (exact) mass is 346 g/mol. The van der Waals surface area contributed by atoms with Crippen LogP contribution >= 0.6 is 0 Å². The lowest BCUT2D eigenvalue weighted by molar-refractivity contribution is 0.114. The van der Waals surface area contributed by atoms with E-state index in [1.165, 1.54) is 0 Å². The molecule has 0 amide bonds. The van der Waals surface area contributed by atoms with Crippen molar-refractivity contribution in [3.05, 3.63) is 24.2 Å². The predicted octanol–water partition coefficient (Wildman–Crippen LogP) is 1.89. The van der Waals surface area contributed by atoms with E-state index in [0.29, 0.717) is 29.9 Å². The Labute approximate surface area is 147 Å². The molecule has 25 heavy (non-hydrogen) atoms. The number of furan rings is 1. The van der Waals surface area contributed by atoms with Crippen LogP contribution in [0.15, 0.2) is 27.8 Å². The Balaban J connectivity index is 1.61. The Hall–Kier alpha value is -2.35. The lowest BCUT2D eigenvalue weighted by Crippen LogP contribution is -2.40. The Morgan fingerprint density at radius 2 is 2.44 bits per heavy atom. The van der Waals surface area contributed by atoms with Crippen molar-refractivity contribution in [2.24, 2.45) is 10.9 Å². The number of guanidine groups is 1.